The van der Waals surface area contributed by atoms with Crippen LogP contribution in [-0.4, -0.2) is 20.9 Å². The molecule has 3 aromatic rings. The van der Waals surface area contributed by atoms with Gasteiger partial charge in [0.2, 0.25) is 15.9 Å². The van der Waals surface area contributed by atoms with Gasteiger partial charge in [-0.1, -0.05) is 34.1 Å². The molecule has 0 saturated heterocycles. The lowest BCUT2D eigenvalue weighted by Crippen LogP contribution is -2.30. The predicted octanol–water partition coefficient (Wildman–Crippen LogP) is 3.18. The average Bonchev–Trinajstić information content (AvgIpc) is 3.03. The van der Waals surface area contributed by atoms with Crippen LogP contribution in [0.2, 0.25) is 0 Å². The van der Waals surface area contributed by atoms with E-state index in [1.165, 1.54) is 12.1 Å². The van der Waals surface area contributed by atoms with Gasteiger partial charge in [0.25, 0.3) is 0 Å². The first-order valence-corrected chi connectivity index (χ1v) is 10.2. The topological polar surface area (TPSA) is 88.4 Å². The van der Waals surface area contributed by atoms with Crippen molar-refractivity contribution in [2.24, 2.45) is 0 Å². The van der Waals surface area contributed by atoms with Crippen LogP contribution in [0.4, 0.5) is 0 Å². The fourth-order valence-electron chi connectivity index (χ4n) is 2.39. The Morgan fingerprint density at radius 3 is 2.54 bits per heavy atom. The molecule has 0 aliphatic rings. The highest BCUT2D eigenvalue weighted by molar-refractivity contribution is 9.10. The van der Waals surface area contributed by atoms with Gasteiger partial charge in [-0.2, -0.15) is 0 Å². The molecule has 0 unspecified atom stereocenters. The molecule has 136 valence electrons. The molecule has 2 N–H and O–H groups in total. The number of nitrogens with one attached hydrogen (secondary N) is 2. The molecule has 0 bridgehead atoms. The Kier molecular flexibility index (Phi) is 5.75. The van der Waals surface area contributed by atoms with Crippen molar-refractivity contribution < 1.29 is 17.6 Å². The molecular weight excluding hydrogens is 420 g/mol. The zero-order chi connectivity index (χ0) is 18.6. The summed E-state index contributed by atoms with van der Waals surface area (Å²) in [4.78, 5) is 12.1. The average molecular weight is 437 g/mol. The minimum atomic E-state index is -3.63. The van der Waals surface area contributed by atoms with Crippen LogP contribution in [0, 0.1) is 0 Å². The molecule has 0 aliphatic carbocycles. The number of rotatable bonds is 7. The van der Waals surface area contributed by atoms with Gasteiger partial charge in [-0.15, -0.1) is 0 Å². The number of carbonyl (C=O) groups is 1. The first kappa shape index (κ1) is 18.6. The fourth-order valence-corrected chi connectivity index (χ4v) is 3.69. The molecule has 2 aromatic carbocycles. The number of hydrogen-bond donors (Lipinski definition) is 2. The third-order valence-electron chi connectivity index (χ3n) is 3.70. The number of hydrogen-bond acceptors (Lipinski definition) is 4. The van der Waals surface area contributed by atoms with E-state index in [0.717, 1.165) is 15.4 Å². The molecule has 1 heterocycles. The first-order chi connectivity index (χ1) is 12.4. The molecule has 0 fully saturated rings. The number of para-hydroxylation sites is 1. The predicted molar refractivity (Wildman–Crippen MR) is 102 cm³/mol. The molecule has 1 aromatic heterocycles. The van der Waals surface area contributed by atoms with Gasteiger partial charge < -0.3 is 9.73 Å². The van der Waals surface area contributed by atoms with Crippen LogP contribution >= 0.6 is 15.9 Å². The number of carbonyl (C=O) groups excluding carboxylic acids is 1. The van der Waals surface area contributed by atoms with E-state index in [1.54, 1.807) is 12.1 Å². The Labute approximate surface area is 159 Å². The number of benzene rings is 2. The van der Waals surface area contributed by atoms with E-state index in [0.29, 0.717) is 5.76 Å². The number of sulfonamides is 1. The maximum atomic E-state index is 12.1. The smallest absolute Gasteiger partial charge is 0.240 e. The lowest BCUT2D eigenvalue weighted by atomic mass is 10.2. The van der Waals surface area contributed by atoms with Gasteiger partial charge in [0.1, 0.15) is 11.3 Å². The first-order valence-electron chi connectivity index (χ1n) is 7.93. The van der Waals surface area contributed by atoms with Gasteiger partial charge in [0, 0.05) is 22.8 Å². The van der Waals surface area contributed by atoms with Crippen molar-refractivity contribution in [2.75, 3.05) is 6.54 Å². The Morgan fingerprint density at radius 2 is 1.81 bits per heavy atom. The van der Waals surface area contributed by atoms with Crippen LogP contribution in [0.15, 0.2) is 68.4 Å². The summed E-state index contributed by atoms with van der Waals surface area (Å²) < 4.78 is 33.1. The second kappa shape index (κ2) is 8.03. The molecular formula is C18H17BrN2O4S. The minimum absolute atomic E-state index is 0.0182. The fraction of sp³-hybridized carbons (Fsp3) is 0.167. The lowest BCUT2D eigenvalue weighted by molar-refractivity contribution is -0.121. The summed E-state index contributed by atoms with van der Waals surface area (Å²) in [6, 6.07) is 15.7. The maximum Gasteiger partial charge on any atom is 0.240 e. The van der Waals surface area contributed by atoms with Crippen molar-refractivity contribution in [1.29, 1.82) is 0 Å². The van der Waals surface area contributed by atoms with Crippen LogP contribution in [-0.2, 0) is 21.4 Å². The van der Waals surface area contributed by atoms with Crippen LogP contribution < -0.4 is 10.0 Å². The van der Waals surface area contributed by atoms with Gasteiger partial charge >= 0.3 is 0 Å². The van der Waals surface area contributed by atoms with E-state index < -0.39 is 10.0 Å². The van der Waals surface area contributed by atoms with E-state index in [2.05, 4.69) is 26.0 Å². The SMILES string of the molecule is O=C(CCNS(=O)(=O)c1ccc(Br)cc1)NCc1cc2ccccc2o1. The number of halogens is 1. The molecule has 0 spiro atoms. The molecule has 3 rings (SSSR count). The van der Waals surface area contributed by atoms with Gasteiger partial charge in [-0.05, 0) is 36.4 Å². The van der Waals surface area contributed by atoms with Crippen molar-refractivity contribution in [3.05, 3.63) is 64.8 Å². The highest BCUT2D eigenvalue weighted by Gasteiger charge is 2.14. The summed E-state index contributed by atoms with van der Waals surface area (Å²) in [5.74, 6) is 0.388. The molecule has 8 heteroatoms. The monoisotopic (exact) mass is 436 g/mol. The Hall–Kier alpha value is -2.16. The second-order valence-corrected chi connectivity index (χ2v) is 8.31. The molecule has 0 aliphatic heterocycles. The van der Waals surface area contributed by atoms with Crippen molar-refractivity contribution in [3.63, 3.8) is 0 Å². The Balaban J connectivity index is 1.47. The quantitative estimate of drug-likeness (QED) is 0.595. The van der Waals surface area contributed by atoms with Crippen molar-refractivity contribution in [1.82, 2.24) is 10.0 Å². The van der Waals surface area contributed by atoms with Crippen LogP contribution in [0.1, 0.15) is 12.2 Å². The second-order valence-electron chi connectivity index (χ2n) is 5.63. The Bertz CT molecular complexity index is 980. The Morgan fingerprint density at radius 1 is 1.08 bits per heavy atom. The van der Waals surface area contributed by atoms with E-state index in [-0.39, 0.29) is 30.3 Å². The summed E-state index contributed by atoms with van der Waals surface area (Å²) >= 11 is 3.26. The van der Waals surface area contributed by atoms with E-state index >= 15 is 0 Å². The third kappa shape index (κ3) is 4.72. The summed E-state index contributed by atoms with van der Waals surface area (Å²) in [6.07, 6.45) is 0.0377. The zero-order valence-electron chi connectivity index (χ0n) is 13.7. The summed E-state index contributed by atoms with van der Waals surface area (Å²) in [5, 5.41) is 3.69. The van der Waals surface area contributed by atoms with E-state index in [4.69, 9.17) is 4.42 Å². The number of fused-ring (bicyclic) bond motifs is 1. The largest absolute Gasteiger partial charge is 0.459 e. The van der Waals surface area contributed by atoms with Crippen molar-refractivity contribution in [3.8, 4) is 0 Å². The molecule has 1 amide bonds. The summed E-state index contributed by atoms with van der Waals surface area (Å²) in [7, 11) is -3.63. The van der Waals surface area contributed by atoms with Gasteiger partial charge in [-0.3, -0.25) is 4.79 Å². The van der Waals surface area contributed by atoms with Crippen LogP contribution in [0.25, 0.3) is 11.0 Å². The summed E-state index contributed by atoms with van der Waals surface area (Å²) in [6.45, 7) is 0.275. The van der Waals surface area contributed by atoms with Gasteiger partial charge in [0.05, 0.1) is 11.4 Å². The summed E-state index contributed by atoms with van der Waals surface area (Å²) in [5.41, 5.74) is 0.763. The molecule has 0 saturated carbocycles. The number of furan rings is 1. The molecule has 0 radical (unpaired) electrons. The van der Waals surface area contributed by atoms with Crippen molar-refractivity contribution in [2.45, 2.75) is 17.9 Å². The highest BCUT2D eigenvalue weighted by Crippen LogP contribution is 2.18. The highest BCUT2D eigenvalue weighted by atomic mass is 79.9. The molecule has 26 heavy (non-hydrogen) atoms. The molecule has 6 nitrogen and oxygen atoms in total. The van der Waals surface area contributed by atoms with Crippen molar-refractivity contribution >= 4 is 42.8 Å². The lowest BCUT2D eigenvalue weighted by Gasteiger charge is -2.07. The van der Waals surface area contributed by atoms with E-state index in [1.807, 2.05) is 30.3 Å². The third-order valence-corrected chi connectivity index (χ3v) is 5.71. The molecule has 0 atom stereocenters. The van der Waals surface area contributed by atoms with Crippen LogP contribution in [0.3, 0.4) is 0 Å². The van der Waals surface area contributed by atoms with Crippen LogP contribution in [0.5, 0.6) is 0 Å². The van der Waals surface area contributed by atoms with E-state index in [9.17, 15) is 13.2 Å². The zero-order valence-corrected chi connectivity index (χ0v) is 16.1. The van der Waals surface area contributed by atoms with Gasteiger partial charge in [0.15, 0.2) is 0 Å². The van der Waals surface area contributed by atoms with Gasteiger partial charge in [-0.25, -0.2) is 13.1 Å². The normalized spacial score (nSPS) is 11.6. The minimum Gasteiger partial charge on any atom is -0.459 e. The standard InChI is InChI=1S/C18H17BrN2O4S/c19-14-5-7-16(8-6-14)26(23,24)21-10-9-18(22)20-12-15-11-13-3-1-2-4-17(13)25-15/h1-8,11,21H,9-10,12H2,(H,20,22). The maximum absolute atomic E-state index is 12.1. The number of amides is 1.